The van der Waals surface area contributed by atoms with Crippen LogP contribution < -0.4 is 5.32 Å². The first-order valence-corrected chi connectivity index (χ1v) is 11.3. The monoisotopic (exact) mass is 439 g/mol. The second-order valence-corrected chi connectivity index (χ2v) is 8.72. The number of nitrogens with one attached hydrogen (secondary N) is 1. The van der Waals surface area contributed by atoms with E-state index in [4.69, 9.17) is 16.7 Å². The van der Waals surface area contributed by atoms with E-state index in [1.165, 1.54) is 0 Å². The van der Waals surface area contributed by atoms with Gasteiger partial charge >= 0.3 is 0 Å². The first-order valence-electron chi connectivity index (χ1n) is 10.9. The maximum atomic E-state index is 12.9. The largest absolute Gasteiger partial charge is 0.354 e. The summed E-state index contributed by atoms with van der Waals surface area (Å²) in [4.78, 5) is 17.7. The summed E-state index contributed by atoms with van der Waals surface area (Å²) >= 11 is 6.26. The van der Waals surface area contributed by atoms with Crippen LogP contribution in [0.25, 0.3) is 22.2 Å². The molecule has 1 aromatic heterocycles. The number of hydrogen-bond acceptors (Lipinski definition) is 4. The van der Waals surface area contributed by atoms with Crippen LogP contribution in [-0.4, -0.2) is 71.8 Å². The SMILES string of the molecule is C[C@@H](C(=O)NCCCN1CCN(C)CC1)n1nc(-c2ccccc2)c2cc(Cl)ccc21. The molecule has 4 rings (SSSR count). The van der Waals surface area contributed by atoms with Crippen molar-refractivity contribution in [2.24, 2.45) is 0 Å². The van der Waals surface area contributed by atoms with Crippen molar-refractivity contribution in [2.45, 2.75) is 19.4 Å². The second kappa shape index (κ2) is 9.81. The van der Waals surface area contributed by atoms with Crippen molar-refractivity contribution in [1.82, 2.24) is 24.9 Å². The molecule has 31 heavy (non-hydrogen) atoms. The van der Waals surface area contributed by atoms with Crippen LogP contribution in [0.1, 0.15) is 19.4 Å². The molecule has 2 aromatic carbocycles. The minimum absolute atomic E-state index is 0.0164. The average molecular weight is 440 g/mol. The van der Waals surface area contributed by atoms with Gasteiger partial charge in [-0.3, -0.25) is 9.48 Å². The van der Waals surface area contributed by atoms with Crippen LogP contribution >= 0.6 is 11.6 Å². The highest BCUT2D eigenvalue weighted by Crippen LogP contribution is 2.31. The third kappa shape index (κ3) is 5.09. The van der Waals surface area contributed by atoms with Gasteiger partial charge in [0.1, 0.15) is 11.7 Å². The predicted molar refractivity (Wildman–Crippen MR) is 126 cm³/mol. The Morgan fingerprint density at radius 1 is 1.13 bits per heavy atom. The fourth-order valence-corrected chi connectivity index (χ4v) is 4.23. The quantitative estimate of drug-likeness (QED) is 0.571. The number of carbonyl (C=O) groups excluding carboxylic acids is 1. The molecular formula is C24H30ClN5O. The van der Waals surface area contributed by atoms with E-state index in [1.54, 1.807) is 0 Å². The van der Waals surface area contributed by atoms with E-state index in [9.17, 15) is 4.79 Å². The molecule has 7 heteroatoms. The van der Waals surface area contributed by atoms with Gasteiger partial charge in [-0.15, -0.1) is 0 Å². The van der Waals surface area contributed by atoms with Crippen LogP contribution in [0.5, 0.6) is 0 Å². The van der Waals surface area contributed by atoms with E-state index in [0.29, 0.717) is 11.6 Å². The third-order valence-electron chi connectivity index (χ3n) is 6.01. The van der Waals surface area contributed by atoms with Crippen LogP contribution in [0, 0.1) is 0 Å². The minimum atomic E-state index is -0.412. The van der Waals surface area contributed by atoms with Crippen LogP contribution in [0.15, 0.2) is 48.5 Å². The van der Waals surface area contributed by atoms with Gasteiger partial charge in [0.2, 0.25) is 5.91 Å². The Balaban J connectivity index is 1.43. The molecule has 6 nitrogen and oxygen atoms in total. The van der Waals surface area contributed by atoms with E-state index in [2.05, 4.69) is 22.2 Å². The highest BCUT2D eigenvalue weighted by molar-refractivity contribution is 6.31. The molecule has 0 bridgehead atoms. The highest BCUT2D eigenvalue weighted by atomic mass is 35.5. The molecule has 164 valence electrons. The second-order valence-electron chi connectivity index (χ2n) is 8.29. The smallest absolute Gasteiger partial charge is 0.244 e. The molecule has 1 aliphatic rings. The summed E-state index contributed by atoms with van der Waals surface area (Å²) in [6.07, 6.45) is 0.951. The number of nitrogens with zero attached hydrogens (tertiary/aromatic N) is 4. The van der Waals surface area contributed by atoms with E-state index in [1.807, 2.05) is 60.1 Å². The summed E-state index contributed by atoms with van der Waals surface area (Å²) < 4.78 is 1.81. The van der Waals surface area contributed by atoms with Crippen molar-refractivity contribution in [3.8, 4) is 11.3 Å². The Kier molecular flexibility index (Phi) is 6.90. The fourth-order valence-electron chi connectivity index (χ4n) is 4.06. The van der Waals surface area contributed by atoms with Gasteiger partial charge in [0, 0.05) is 48.7 Å². The molecular weight excluding hydrogens is 410 g/mol. The molecule has 0 spiro atoms. The lowest BCUT2D eigenvalue weighted by atomic mass is 10.1. The lowest BCUT2D eigenvalue weighted by molar-refractivity contribution is -0.124. The fraction of sp³-hybridized carbons (Fsp3) is 0.417. The van der Waals surface area contributed by atoms with E-state index >= 15 is 0 Å². The average Bonchev–Trinajstić information content (AvgIpc) is 3.16. The Morgan fingerprint density at radius 3 is 2.61 bits per heavy atom. The van der Waals surface area contributed by atoms with Crippen LogP contribution in [0.3, 0.4) is 0 Å². The Hall–Kier alpha value is -2.41. The lowest BCUT2D eigenvalue weighted by Gasteiger charge is -2.32. The molecule has 2 heterocycles. The van der Waals surface area contributed by atoms with Gasteiger partial charge in [0.05, 0.1) is 5.52 Å². The topological polar surface area (TPSA) is 53.4 Å². The zero-order valence-electron chi connectivity index (χ0n) is 18.2. The molecule has 1 atom stereocenters. The molecule has 0 radical (unpaired) electrons. The number of piperazine rings is 1. The number of benzene rings is 2. The van der Waals surface area contributed by atoms with Crippen LogP contribution in [0.2, 0.25) is 5.02 Å². The zero-order chi connectivity index (χ0) is 21.8. The summed E-state index contributed by atoms with van der Waals surface area (Å²) in [5.74, 6) is -0.0164. The minimum Gasteiger partial charge on any atom is -0.354 e. The molecule has 3 aromatic rings. The summed E-state index contributed by atoms with van der Waals surface area (Å²) in [6, 6.07) is 15.3. The third-order valence-corrected chi connectivity index (χ3v) is 6.24. The number of likely N-dealkylation sites (N-methyl/N-ethyl adjacent to an activating group) is 1. The maximum absolute atomic E-state index is 12.9. The summed E-state index contributed by atoms with van der Waals surface area (Å²) in [7, 11) is 2.16. The highest BCUT2D eigenvalue weighted by Gasteiger charge is 2.21. The summed E-state index contributed by atoms with van der Waals surface area (Å²) in [5.41, 5.74) is 2.75. The first-order chi connectivity index (χ1) is 15.0. The Bertz CT molecular complexity index is 1030. The van der Waals surface area contributed by atoms with Crippen molar-refractivity contribution in [3.63, 3.8) is 0 Å². The predicted octanol–water partition coefficient (Wildman–Crippen LogP) is 3.67. The molecule has 0 aliphatic carbocycles. The molecule has 1 N–H and O–H groups in total. The van der Waals surface area contributed by atoms with E-state index in [-0.39, 0.29) is 5.91 Å². The number of halogens is 1. The molecule has 1 saturated heterocycles. The van der Waals surface area contributed by atoms with E-state index < -0.39 is 6.04 Å². The van der Waals surface area contributed by atoms with Crippen molar-refractivity contribution in [2.75, 3.05) is 46.3 Å². The molecule has 0 saturated carbocycles. The zero-order valence-corrected chi connectivity index (χ0v) is 19.0. The van der Waals surface area contributed by atoms with Gasteiger partial charge in [0.25, 0.3) is 0 Å². The van der Waals surface area contributed by atoms with Crippen molar-refractivity contribution in [1.29, 1.82) is 0 Å². The summed E-state index contributed by atoms with van der Waals surface area (Å²) in [6.45, 7) is 8.02. The van der Waals surface area contributed by atoms with Crippen molar-refractivity contribution < 1.29 is 4.79 Å². The number of amides is 1. The van der Waals surface area contributed by atoms with Gasteiger partial charge in [-0.2, -0.15) is 5.10 Å². The summed E-state index contributed by atoms with van der Waals surface area (Å²) in [5, 5.41) is 9.52. The lowest BCUT2D eigenvalue weighted by Crippen LogP contribution is -2.45. The molecule has 1 fully saturated rings. The number of fused-ring (bicyclic) bond motifs is 1. The van der Waals surface area contributed by atoms with E-state index in [0.717, 1.165) is 61.3 Å². The Labute approximate surface area is 188 Å². The Morgan fingerprint density at radius 2 is 1.87 bits per heavy atom. The molecule has 0 unspecified atom stereocenters. The maximum Gasteiger partial charge on any atom is 0.244 e. The number of carbonyl (C=O) groups is 1. The molecule has 1 aliphatic heterocycles. The molecule has 1 amide bonds. The van der Waals surface area contributed by atoms with Crippen LogP contribution in [-0.2, 0) is 4.79 Å². The van der Waals surface area contributed by atoms with Gasteiger partial charge < -0.3 is 15.1 Å². The van der Waals surface area contributed by atoms with Crippen LogP contribution in [0.4, 0.5) is 0 Å². The standard InChI is InChI=1S/C24H30ClN5O/c1-18(24(31)26-11-6-12-29-15-13-28(2)14-16-29)30-22-10-9-20(25)17-21(22)23(27-30)19-7-4-3-5-8-19/h3-5,7-10,17-18H,6,11-16H2,1-2H3,(H,26,31)/t18-/m0/s1. The van der Waals surface area contributed by atoms with Gasteiger partial charge in [0.15, 0.2) is 0 Å². The van der Waals surface area contributed by atoms with Crippen molar-refractivity contribution in [3.05, 3.63) is 53.6 Å². The first kappa shape index (κ1) is 21.8. The normalized spacial score (nSPS) is 16.5. The van der Waals surface area contributed by atoms with Gasteiger partial charge in [-0.05, 0) is 45.1 Å². The van der Waals surface area contributed by atoms with Crippen molar-refractivity contribution >= 4 is 28.4 Å². The number of aromatic nitrogens is 2. The number of rotatable bonds is 7. The number of hydrogen-bond donors (Lipinski definition) is 1. The van der Waals surface area contributed by atoms with Gasteiger partial charge in [-0.25, -0.2) is 0 Å². The van der Waals surface area contributed by atoms with Gasteiger partial charge in [-0.1, -0.05) is 41.9 Å².